The standard InChI is InChI=1S/C18H31NS/c1-3-5-7-16-9-11-18(12-10-16,15-19-4-2)14-17-8-6-13-20-17/h6,8,13,16,19H,3-5,7,9-12,14-15H2,1-2H3. The minimum Gasteiger partial charge on any atom is -0.316 e. The molecule has 1 aromatic rings. The Labute approximate surface area is 129 Å². The van der Waals surface area contributed by atoms with Gasteiger partial charge in [0.25, 0.3) is 0 Å². The lowest BCUT2D eigenvalue weighted by atomic mass is 9.67. The lowest BCUT2D eigenvalue weighted by molar-refractivity contribution is 0.140. The third kappa shape index (κ3) is 4.60. The highest BCUT2D eigenvalue weighted by Crippen LogP contribution is 2.43. The minimum atomic E-state index is 0.531. The van der Waals surface area contributed by atoms with Crippen LogP contribution in [0.15, 0.2) is 17.5 Å². The molecule has 2 rings (SSSR count). The molecule has 0 radical (unpaired) electrons. The molecule has 1 nitrogen and oxygen atoms in total. The lowest BCUT2D eigenvalue weighted by Gasteiger charge is -2.40. The maximum absolute atomic E-state index is 3.63. The van der Waals surface area contributed by atoms with E-state index < -0.39 is 0 Å². The van der Waals surface area contributed by atoms with Crippen molar-refractivity contribution in [1.82, 2.24) is 5.32 Å². The van der Waals surface area contributed by atoms with Gasteiger partial charge in [-0.05, 0) is 61.4 Å². The van der Waals surface area contributed by atoms with Crippen molar-refractivity contribution in [2.75, 3.05) is 13.1 Å². The largest absolute Gasteiger partial charge is 0.316 e. The number of unbranched alkanes of at least 4 members (excludes halogenated alkanes) is 1. The Balaban J connectivity index is 1.91. The highest BCUT2D eigenvalue weighted by Gasteiger charge is 2.35. The summed E-state index contributed by atoms with van der Waals surface area (Å²) in [6.07, 6.45) is 11.3. The van der Waals surface area contributed by atoms with Gasteiger partial charge in [0, 0.05) is 11.4 Å². The summed E-state index contributed by atoms with van der Waals surface area (Å²) >= 11 is 1.94. The summed E-state index contributed by atoms with van der Waals surface area (Å²) in [5.41, 5.74) is 0.531. The van der Waals surface area contributed by atoms with Crippen LogP contribution in [0.2, 0.25) is 0 Å². The molecule has 0 aromatic carbocycles. The average Bonchev–Trinajstić information content (AvgIpc) is 2.97. The number of hydrogen-bond acceptors (Lipinski definition) is 2. The summed E-state index contributed by atoms with van der Waals surface area (Å²) < 4.78 is 0. The Bertz CT molecular complexity index is 350. The topological polar surface area (TPSA) is 12.0 Å². The molecule has 0 aliphatic heterocycles. The second-order valence-corrected chi connectivity index (χ2v) is 7.65. The van der Waals surface area contributed by atoms with Crippen LogP contribution in [0.4, 0.5) is 0 Å². The zero-order valence-corrected chi connectivity index (χ0v) is 14.1. The van der Waals surface area contributed by atoms with Crippen molar-refractivity contribution in [2.24, 2.45) is 11.3 Å². The zero-order valence-electron chi connectivity index (χ0n) is 13.3. The van der Waals surface area contributed by atoms with Crippen molar-refractivity contribution < 1.29 is 0 Å². The van der Waals surface area contributed by atoms with Crippen LogP contribution < -0.4 is 5.32 Å². The molecule has 20 heavy (non-hydrogen) atoms. The highest BCUT2D eigenvalue weighted by atomic mass is 32.1. The predicted octanol–water partition coefficient (Wildman–Crippen LogP) is 5.27. The fraction of sp³-hybridized carbons (Fsp3) is 0.778. The lowest BCUT2D eigenvalue weighted by Crippen LogP contribution is -2.39. The number of hydrogen-bond donors (Lipinski definition) is 1. The van der Waals surface area contributed by atoms with E-state index in [2.05, 4.69) is 36.7 Å². The summed E-state index contributed by atoms with van der Waals surface area (Å²) in [6.45, 7) is 6.86. The van der Waals surface area contributed by atoms with Crippen LogP contribution in [0.3, 0.4) is 0 Å². The molecule has 1 N–H and O–H groups in total. The first-order valence-electron chi connectivity index (χ1n) is 8.51. The molecule has 0 atom stereocenters. The third-order valence-corrected chi connectivity index (χ3v) is 5.89. The van der Waals surface area contributed by atoms with E-state index in [9.17, 15) is 0 Å². The van der Waals surface area contributed by atoms with E-state index in [-0.39, 0.29) is 0 Å². The van der Waals surface area contributed by atoms with Crippen molar-refractivity contribution in [3.05, 3.63) is 22.4 Å². The van der Waals surface area contributed by atoms with E-state index in [0.717, 1.165) is 12.5 Å². The third-order valence-electron chi connectivity index (χ3n) is 5.01. The molecule has 0 bridgehead atoms. The summed E-state index contributed by atoms with van der Waals surface area (Å²) in [7, 11) is 0. The molecule has 0 unspecified atom stereocenters. The van der Waals surface area contributed by atoms with Crippen LogP contribution in [0.1, 0.15) is 63.7 Å². The van der Waals surface area contributed by atoms with Crippen molar-refractivity contribution in [3.8, 4) is 0 Å². The molecular formula is C18H31NS. The fourth-order valence-electron chi connectivity index (χ4n) is 3.66. The molecule has 1 fully saturated rings. The van der Waals surface area contributed by atoms with Crippen LogP contribution in [0.5, 0.6) is 0 Å². The van der Waals surface area contributed by atoms with Crippen LogP contribution in [0.25, 0.3) is 0 Å². The zero-order chi connectivity index (χ0) is 14.3. The second-order valence-electron chi connectivity index (χ2n) is 6.62. The number of thiophene rings is 1. The number of rotatable bonds is 8. The van der Waals surface area contributed by atoms with Gasteiger partial charge in [0.05, 0.1) is 0 Å². The number of nitrogens with one attached hydrogen (secondary N) is 1. The molecule has 1 aliphatic carbocycles. The Kier molecular flexibility index (Phi) is 6.57. The Hall–Kier alpha value is -0.340. The van der Waals surface area contributed by atoms with Gasteiger partial charge in [0.15, 0.2) is 0 Å². The first-order chi connectivity index (χ1) is 9.78. The van der Waals surface area contributed by atoms with Gasteiger partial charge < -0.3 is 5.32 Å². The highest BCUT2D eigenvalue weighted by molar-refractivity contribution is 7.09. The van der Waals surface area contributed by atoms with Crippen LogP contribution >= 0.6 is 11.3 Å². The van der Waals surface area contributed by atoms with Crippen LogP contribution in [-0.4, -0.2) is 13.1 Å². The van der Waals surface area contributed by atoms with Crippen LogP contribution in [-0.2, 0) is 6.42 Å². The van der Waals surface area contributed by atoms with E-state index in [4.69, 9.17) is 0 Å². The maximum atomic E-state index is 3.63. The Morgan fingerprint density at radius 2 is 2.10 bits per heavy atom. The average molecular weight is 294 g/mol. The summed E-state index contributed by atoms with van der Waals surface area (Å²) in [6, 6.07) is 4.52. The van der Waals surface area contributed by atoms with Gasteiger partial charge in [-0.3, -0.25) is 0 Å². The van der Waals surface area contributed by atoms with Gasteiger partial charge >= 0.3 is 0 Å². The second kappa shape index (κ2) is 8.19. The molecule has 1 aliphatic rings. The normalized spacial score (nSPS) is 26.8. The Morgan fingerprint density at radius 3 is 2.70 bits per heavy atom. The molecule has 2 heteroatoms. The van der Waals surface area contributed by atoms with Gasteiger partial charge in [-0.1, -0.05) is 39.2 Å². The van der Waals surface area contributed by atoms with Crippen molar-refractivity contribution in [1.29, 1.82) is 0 Å². The van der Waals surface area contributed by atoms with Gasteiger partial charge in [-0.2, -0.15) is 0 Å². The van der Waals surface area contributed by atoms with E-state index in [1.54, 1.807) is 4.88 Å². The van der Waals surface area contributed by atoms with Gasteiger partial charge in [0.1, 0.15) is 0 Å². The summed E-state index contributed by atoms with van der Waals surface area (Å²) in [4.78, 5) is 1.58. The Morgan fingerprint density at radius 1 is 1.30 bits per heavy atom. The molecule has 1 saturated carbocycles. The molecule has 0 saturated heterocycles. The van der Waals surface area contributed by atoms with E-state index in [1.807, 2.05) is 11.3 Å². The monoisotopic (exact) mass is 293 g/mol. The summed E-state index contributed by atoms with van der Waals surface area (Å²) in [5.74, 6) is 1.01. The molecule has 0 spiro atoms. The van der Waals surface area contributed by atoms with Gasteiger partial charge in [0.2, 0.25) is 0 Å². The molecular weight excluding hydrogens is 262 g/mol. The first kappa shape index (κ1) is 16.0. The quantitative estimate of drug-likeness (QED) is 0.688. The summed E-state index contributed by atoms with van der Waals surface area (Å²) in [5, 5.41) is 5.86. The first-order valence-corrected chi connectivity index (χ1v) is 9.39. The smallest absolute Gasteiger partial charge is 0.00512 e. The van der Waals surface area contributed by atoms with E-state index >= 15 is 0 Å². The molecule has 114 valence electrons. The van der Waals surface area contributed by atoms with Crippen molar-refractivity contribution in [3.63, 3.8) is 0 Å². The molecule has 0 amide bonds. The van der Waals surface area contributed by atoms with Crippen molar-refractivity contribution in [2.45, 2.75) is 65.2 Å². The molecule has 1 aromatic heterocycles. The van der Waals surface area contributed by atoms with Gasteiger partial charge in [-0.15, -0.1) is 11.3 Å². The predicted molar refractivity (Wildman–Crippen MR) is 90.5 cm³/mol. The maximum Gasteiger partial charge on any atom is 0.00512 e. The van der Waals surface area contributed by atoms with Crippen molar-refractivity contribution >= 4 is 11.3 Å². The van der Waals surface area contributed by atoms with Gasteiger partial charge in [-0.25, -0.2) is 0 Å². The van der Waals surface area contributed by atoms with E-state index in [0.29, 0.717) is 5.41 Å². The van der Waals surface area contributed by atoms with Crippen LogP contribution in [0, 0.1) is 11.3 Å². The SMILES string of the molecule is CCCCC1CCC(CNCC)(Cc2cccs2)CC1. The molecule has 1 heterocycles. The fourth-order valence-corrected chi connectivity index (χ4v) is 4.54. The minimum absolute atomic E-state index is 0.531. The van der Waals surface area contributed by atoms with E-state index in [1.165, 1.54) is 57.9 Å².